The summed E-state index contributed by atoms with van der Waals surface area (Å²) in [6, 6.07) is 14.0. The van der Waals surface area contributed by atoms with Gasteiger partial charge in [0.1, 0.15) is 0 Å². The van der Waals surface area contributed by atoms with Crippen LogP contribution in [0.15, 0.2) is 70.2 Å². The molecule has 0 aliphatic heterocycles. The van der Waals surface area contributed by atoms with E-state index in [1.54, 1.807) is 56.8 Å². The zero-order valence-electron chi connectivity index (χ0n) is 17.7. The Morgan fingerprint density at radius 3 is 2.29 bits per heavy atom. The van der Waals surface area contributed by atoms with Crippen LogP contribution in [0, 0.1) is 18.8 Å². The highest BCUT2D eigenvalue weighted by Gasteiger charge is 2.12. The van der Waals surface area contributed by atoms with E-state index in [0.717, 1.165) is 11.1 Å². The SMILES string of the molecule is COc1ccc(C#Cc2cncc(C(=O)N=S(C)(=O)c3ccc(C)cc3)c2)cc1OC. The molecule has 1 aromatic heterocycles. The molecule has 2 aromatic carbocycles. The van der Waals surface area contributed by atoms with Crippen LogP contribution in [-0.2, 0) is 9.73 Å². The molecule has 1 amide bonds. The molecule has 1 atom stereocenters. The first-order chi connectivity index (χ1) is 14.8. The number of hydrogen-bond acceptors (Lipinski definition) is 5. The molecule has 158 valence electrons. The summed E-state index contributed by atoms with van der Waals surface area (Å²) >= 11 is 0. The minimum Gasteiger partial charge on any atom is -0.493 e. The Bertz CT molecular complexity index is 1300. The van der Waals surface area contributed by atoms with Gasteiger partial charge < -0.3 is 9.47 Å². The van der Waals surface area contributed by atoms with E-state index in [-0.39, 0.29) is 5.56 Å². The van der Waals surface area contributed by atoms with Crippen molar-refractivity contribution < 1.29 is 18.5 Å². The molecule has 0 bridgehead atoms. The second-order valence-corrected chi connectivity index (χ2v) is 9.05. The Balaban J connectivity index is 1.87. The van der Waals surface area contributed by atoms with E-state index < -0.39 is 15.6 Å². The van der Waals surface area contributed by atoms with Gasteiger partial charge in [0.2, 0.25) is 0 Å². The van der Waals surface area contributed by atoms with Crippen molar-refractivity contribution in [3.8, 4) is 23.3 Å². The third-order valence-corrected chi connectivity index (χ3v) is 6.10. The maximum absolute atomic E-state index is 12.9. The smallest absolute Gasteiger partial charge is 0.286 e. The normalized spacial score (nSPS) is 12.1. The van der Waals surface area contributed by atoms with Crippen molar-refractivity contribution in [3.63, 3.8) is 0 Å². The third kappa shape index (κ3) is 5.50. The fourth-order valence-corrected chi connectivity index (χ4v) is 3.91. The number of methoxy groups -OCH3 is 2. The van der Waals surface area contributed by atoms with Gasteiger partial charge in [0.05, 0.1) is 29.5 Å². The molecule has 0 saturated carbocycles. The zero-order valence-corrected chi connectivity index (χ0v) is 18.5. The van der Waals surface area contributed by atoms with Crippen LogP contribution < -0.4 is 9.47 Å². The lowest BCUT2D eigenvalue weighted by atomic mass is 10.1. The lowest BCUT2D eigenvalue weighted by molar-refractivity contribution is 0.100. The molecule has 1 unspecified atom stereocenters. The number of aryl methyl sites for hydroxylation is 1. The lowest BCUT2D eigenvalue weighted by Crippen LogP contribution is -2.04. The van der Waals surface area contributed by atoms with Crippen LogP contribution in [0.1, 0.15) is 27.0 Å². The minimum absolute atomic E-state index is 0.223. The summed E-state index contributed by atoms with van der Waals surface area (Å²) in [7, 11) is 0.250. The average Bonchev–Trinajstić information content (AvgIpc) is 2.77. The topological polar surface area (TPSA) is 77.9 Å². The fourth-order valence-electron chi connectivity index (χ4n) is 2.74. The van der Waals surface area contributed by atoms with Crippen LogP contribution in [0.5, 0.6) is 11.5 Å². The zero-order chi connectivity index (χ0) is 22.4. The number of carbonyl (C=O) groups excluding carboxylic acids is 1. The monoisotopic (exact) mass is 434 g/mol. The van der Waals surface area contributed by atoms with Gasteiger partial charge in [-0.3, -0.25) is 9.78 Å². The predicted molar refractivity (Wildman–Crippen MR) is 120 cm³/mol. The Morgan fingerprint density at radius 2 is 1.61 bits per heavy atom. The van der Waals surface area contributed by atoms with Crippen LogP contribution in [0.25, 0.3) is 0 Å². The first kappa shape index (κ1) is 22.1. The van der Waals surface area contributed by atoms with Crippen molar-refractivity contribution >= 4 is 15.6 Å². The Morgan fingerprint density at radius 1 is 0.935 bits per heavy atom. The van der Waals surface area contributed by atoms with Gasteiger partial charge in [0, 0.05) is 34.7 Å². The van der Waals surface area contributed by atoms with Crippen LogP contribution >= 0.6 is 0 Å². The molecule has 7 heteroatoms. The van der Waals surface area contributed by atoms with Crippen molar-refractivity contribution in [2.75, 3.05) is 20.5 Å². The minimum atomic E-state index is -2.87. The predicted octanol–water partition coefficient (Wildman–Crippen LogP) is 4.10. The van der Waals surface area contributed by atoms with E-state index in [9.17, 15) is 9.00 Å². The van der Waals surface area contributed by atoms with Crippen molar-refractivity contribution in [1.29, 1.82) is 0 Å². The second-order valence-electron chi connectivity index (χ2n) is 6.79. The highest BCUT2D eigenvalue weighted by Crippen LogP contribution is 2.27. The van der Waals surface area contributed by atoms with Gasteiger partial charge in [0.15, 0.2) is 11.5 Å². The van der Waals surface area contributed by atoms with Crippen molar-refractivity contribution in [2.45, 2.75) is 11.8 Å². The summed E-state index contributed by atoms with van der Waals surface area (Å²) in [6.07, 6.45) is 4.38. The summed E-state index contributed by atoms with van der Waals surface area (Å²) in [5, 5.41) is 0. The molecule has 3 aromatic rings. The maximum Gasteiger partial charge on any atom is 0.286 e. The molecule has 6 nitrogen and oxygen atoms in total. The van der Waals surface area contributed by atoms with Gasteiger partial charge in [-0.15, -0.1) is 0 Å². The third-order valence-electron chi connectivity index (χ3n) is 4.44. The number of nitrogens with zero attached hydrogens (tertiary/aromatic N) is 2. The molecule has 0 N–H and O–H groups in total. The van der Waals surface area contributed by atoms with Gasteiger partial charge in [-0.05, 0) is 43.3 Å². The fraction of sp³-hybridized carbons (Fsp3) is 0.167. The van der Waals surface area contributed by atoms with Crippen LogP contribution in [0.2, 0.25) is 0 Å². The standard InChI is InChI=1S/C24H22N2O4S/c1-17-5-10-21(11-6-17)31(4,28)26-24(27)20-13-19(15-25-16-20)8-7-18-9-12-22(29-2)23(14-18)30-3/h5-6,9-16H,1-4H3. The summed E-state index contributed by atoms with van der Waals surface area (Å²) in [5.41, 5.74) is 2.51. The number of ether oxygens (including phenoxy) is 2. The van der Waals surface area contributed by atoms with Gasteiger partial charge in [0.25, 0.3) is 5.91 Å². The van der Waals surface area contributed by atoms with Crippen molar-refractivity contribution in [2.24, 2.45) is 4.36 Å². The molecule has 0 saturated heterocycles. The van der Waals surface area contributed by atoms with E-state index >= 15 is 0 Å². The lowest BCUT2D eigenvalue weighted by Gasteiger charge is -2.06. The average molecular weight is 435 g/mol. The van der Waals surface area contributed by atoms with Crippen molar-refractivity contribution in [1.82, 2.24) is 4.98 Å². The summed E-state index contributed by atoms with van der Waals surface area (Å²) in [6.45, 7) is 1.93. The number of pyridine rings is 1. The van der Waals surface area contributed by atoms with E-state index in [1.807, 2.05) is 19.1 Å². The quantitative estimate of drug-likeness (QED) is 0.578. The Kier molecular flexibility index (Phi) is 6.73. The molecule has 0 spiro atoms. The number of carbonyl (C=O) groups is 1. The number of amides is 1. The largest absolute Gasteiger partial charge is 0.493 e. The van der Waals surface area contributed by atoms with Gasteiger partial charge in [-0.25, -0.2) is 4.21 Å². The van der Waals surface area contributed by atoms with Gasteiger partial charge in [-0.2, -0.15) is 4.36 Å². The number of aromatic nitrogens is 1. The van der Waals surface area contributed by atoms with E-state index in [0.29, 0.717) is 22.0 Å². The van der Waals surface area contributed by atoms with Crippen LogP contribution in [0.3, 0.4) is 0 Å². The molecule has 0 fully saturated rings. The Labute approximate surface area is 182 Å². The highest BCUT2D eigenvalue weighted by atomic mass is 32.2. The highest BCUT2D eigenvalue weighted by molar-refractivity contribution is 7.93. The van der Waals surface area contributed by atoms with Crippen LogP contribution in [-0.4, -0.2) is 35.6 Å². The summed E-state index contributed by atoms with van der Waals surface area (Å²) in [4.78, 5) is 17.2. The van der Waals surface area contributed by atoms with E-state index in [1.165, 1.54) is 12.5 Å². The Hall–Kier alpha value is -3.63. The summed E-state index contributed by atoms with van der Waals surface area (Å²) < 4.78 is 27.4. The molecule has 31 heavy (non-hydrogen) atoms. The molecule has 0 radical (unpaired) electrons. The number of benzene rings is 2. The molecule has 1 heterocycles. The molecule has 0 aliphatic carbocycles. The maximum atomic E-state index is 12.9. The molecule has 0 aliphatic rings. The first-order valence-corrected chi connectivity index (χ1v) is 11.3. The van der Waals surface area contributed by atoms with Gasteiger partial charge >= 0.3 is 0 Å². The van der Waals surface area contributed by atoms with E-state index in [4.69, 9.17) is 9.47 Å². The molecular formula is C24H22N2O4S. The first-order valence-electron chi connectivity index (χ1n) is 9.34. The number of hydrogen-bond donors (Lipinski definition) is 0. The summed E-state index contributed by atoms with van der Waals surface area (Å²) in [5.74, 6) is 6.56. The second kappa shape index (κ2) is 9.45. The molecule has 3 rings (SSSR count). The van der Waals surface area contributed by atoms with Crippen LogP contribution in [0.4, 0.5) is 0 Å². The molecular weight excluding hydrogens is 412 g/mol. The number of rotatable bonds is 4. The van der Waals surface area contributed by atoms with E-state index in [2.05, 4.69) is 21.2 Å². The van der Waals surface area contributed by atoms with Gasteiger partial charge in [-0.1, -0.05) is 29.5 Å². The van der Waals surface area contributed by atoms with Crippen molar-refractivity contribution in [3.05, 3.63) is 83.2 Å².